The molecule has 0 saturated heterocycles. The lowest BCUT2D eigenvalue weighted by Gasteiger charge is -2.42. The number of hydrogen-bond acceptors (Lipinski definition) is 4. The lowest BCUT2D eigenvalue weighted by molar-refractivity contribution is 0.418. The Morgan fingerprint density at radius 2 is 1.31 bits per heavy atom. The second-order valence-electron chi connectivity index (χ2n) is 13.9. The zero-order valence-electron chi connectivity index (χ0n) is 28.7. The molecule has 0 atom stereocenters. The summed E-state index contributed by atoms with van der Waals surface area (Å²) >= 11 is 0. The van der Waals surface area contributed by atoms with Crippen molar-refractivity contribution in [3.8, 4) is 22.9 Å². The topological polar surface area (TPSA) is 38.2 Å². The summed E-state index contributed by atoms with van der Waals surface area (Å²) in [7, 11) is 0. The van der Waals surface area contributed by atoms with E-state index in [0.717, 1.165) is 56.0 Å². The van der Waals surface area contributed by atoms with Crippen molar-refractivity contribution in [1.82, 2.24) is 9.97 Å². The first-order valence-electron chi connectivity index (χ1n) is 16.9. The largest absolute Gasteiger partial charge is 0.457 e. The van der Waals surface area contributed by atoms with Gasteiger partial charge >= 0.3 is 0 Å². The smallest absolute Gasteiger partial charge is 0.160 e. The molecule has 2 aliphatic heterocycles. The molecule has 8 rings (SSSR count). The maximum atomic E-state index is 6.85. The van der Waals surface area contributed by atoms with Crippen molar-refractivity contribution in [3.63, 3.8) is 0 Å². The molecule has 5 aromatic carbocycles. The maximum absolute atomic E-state index is 6.85. The highest BCUT2D eigenvalue weighted by Crippen LogP contribution is 2.54. The van der Waals surface area contributed by atoms with Crippen molar-refractivity contribution in [2.45, 2.75) is 45.4 Å². The van der Waals surface area contributed by atoms with Gasteiger partial charge in [0, 0.05) is 50.2 Å². The van der Waals surface area contributed by atoms with Crippen LogP contribution in [0.5, 0.6) is 11.5 Å². The highest BCUT2D eigenvalue weighted by molar-refractivity contribution is 5.94. The first kappa shape index (κ1) is 30.6. The Bertz CT molecular complexity index is 2310. The van der Waals surface area contributed by atoms with Gasteiger partial charge in [-0.1, -0.05) is 131 Å². The number of aromatic nitrogens is 2. The van der Waals surface area contributed by atoms with E-state index in [9.17, 15) is 0 Å². The van der Waals surface area contributed by atoms with Crippen molar-refractivity contribution in [2.24, 2.45) is 0 Å². The molecule has 0 fully saturated rings. The van der Waals surface area contributed by atoms with Gasteiger partial charge in [-0.3, -0.25) is 0 Å². The van der Waals surface area contributed by atoms with Crippen molar-refractivity contribution >= 4 is 33.5 Å². The third-order valence-electron chi connectivity index (χ3n) is 10.2. The number of ether oxygens (including phenoxy) is 1. The van der Waals surface area contributed by atoms with E-state index in [-0.39, 0.29) is 10.8 Å². The number of para-hydroxylation sites is 3. The number of fused-ring (bicyclic) bond motifs is 5. The fraction of sp³-hybridized carbons (Fsp3) is 0.156. The van der Waals surface area contributed by atoms with Crippen molar-refractivity contribution in [2.75, 3.05) is 4.90 Å². The number of rotatable bonds is 5. The third kappa shape index (κ3) is 4.82. The van der Waals surface area contributed by atoms with Gasteiger partial charge in [0.15, 0.2) is 5.82 Å². The molecular weight excluding hydrogens is 599 g/mol. The van der Waals surface area contributed by atoms with Crippen LogP contribution < -0.4 is 9.64 Å². The molecule has 3 heterocycles. The second kappa shape index (κ2) is 11.5. The van der Waals surface area contributed by atoms with E-state index in [0.29, 0.717) is 5.82 Å². The van der Waals surface area contributed by atoms with Crippen molar-refractivity contribution < 1.29 is 4.74 Å². The molecule has 1 aromatic heterocycles. The minimum absolute atomic E-state index is 0.120. The Balaban J connectivity index is 1.24. The molecular formula is C45H39N3O. The highest BCUT2D eigenvalue weighted by Gasteiger charge is 2.38. The van der Waals surface area contributed by atoms with Crippen LogP contribution in [0.15, 0.2) is 140 Å². The third-order valence-corrected chi connectivity index (χ3v) is 10.2. The number of nitrogens with zero attached hydrogens (tertiary/aromatic N) is 3. The van der Waals surface area contributed by atoms with Gasteiger partial charge in [-0.05, 0) is 48.4 Å². The van der Waals surface area contributed by atoms with Crippen LogP contribution in [0.1, 0.15) is 62.6 Å². The highest BCUT2D eigenvalue weighted by atomic mass is 16.5. The summed E-state index contributed by atoms with van der Waals surface area (Å²) in [6.45, 7) is 15.1. The number of allylic oxidation sites excluding steroid dienone is 5. The first-order valence-corrected chi connectivity index (χ1v) is 16.9. The van der Waals surface area contributed by atoms with Gasteiger partial charge in [0.2, 0.25) is 0 Å². The van der Waals surface area contributed by atoms with E-state index in [1.54, 1.807) is 6.08 Å². The van der Waals surface area contributed by atoms with Crippen LogP contribution in [0.3, 0.4) is 0 Å². The predicted octanol–water partition coefficient (Wildman–Crippen LogP) is 12.0. The van der Waals surface area contributed by atoms with Gasteiger partial charge in [-0.2, -0.15) is 0 Å². The van der Waals surface area contributed by atoms with Crippen molar-refractivity contribution in [3.05, 3.63) is 168 Å². The van der Waals surface area contributed by atoms with E-state index in [2.05, 4.69) is 136 Å². The molecule has 4 heteroatoms. The molecule has 0 radical (unpaired) electrons. The normalized spacial score (nSPS) is 15.6. The Morgan fingerprint density at radius 3 is 2.00 bits per heavy atom. The van der Waals surface area contributed by atoms with Crippen LogP contribution >= 0.6 is 0 Å². The van der Waals surface area contributed by atoms with Crippen molar-refractivity contribution in [1.29, 1.82) is 0 Å². The fourth-order valence-corrected chi connectivity index (χ4v) is 7.67. The molecule has 6 aromatic rings. The van der Waals surface area contributed by atoms with Crippen LogP contribution in [0.25, 0.3) is 27.9 Å². The summed E-state index contributed by atoms with van der Waals surface area (Å²) in [5.41, 5.74) is 11.6. The van der Waals surface area contributed by atoms with Gasteiger partial charge < -0.3 is 9.64 Å². The van der Waals surface area contributed by atoms with Crippen LogP contribution in [-0.4, -0.2) is 9.97 Å². The molecule has 0 saturated carbocycles. The first-order chi connectivity index (χ1) is 23.7. The standard InChI is InChI=1S/C45H39N3O/c1-7-15-29(16-8-2)42-32-17-9-12-20-37(32)46-43(47-42)30-23-25-35-40(27-30)49-41-28-31(24-26-36(41)45(35,5)6)48-38-21-13-10-18-33(38)44(3,4)34-19-11-14-22-39(34)48/h7-28H,1H2,2-6H3/b16-8-,29-15+. The summed E-state index contributed by atoms with van der Waals surface area (Å²) in [5, 5.41) is 0.999. The predicted molar refractivity (Wildman–Crippen MR) is 203 cm³/mol. The van der Waals surface area contributed by atoms with E-state index in [4.69, 9.17) is 14.7 Å². The quantitative estimate of drug-likeness (QED) is 0.176. The molecule has 0 bridgehead atoms. The SMILES string of the molecule is C=C/C=C(\C=C/C)c1nc(-c2ccc3c(c2)Oc2cc(N4c5ccccc5C(C)(C)c5ccccc54)ccc2C3(C)C)nc2ccccc12. The van der Waals surface area contributed by atoms with E-state index >= 15 is 0 Å². The van der Waals surface area contributed by atoms with Gasteiger partial charge in [-0.25, -0.2) is 9.97 Å². The zero-order chi connectivity index (χ0) is 33.9. The lowest BCUT2D eigenvalue weighted by atomic mass is 9.73. The monoisotopic (exact) mass is 637 g/mol. The average molecular weight is 638 g/mol. The molecule has 0 N–H and O–H groups in total. The summed E-state index contributed by atoms with van der Waals surface area (Å²) in [6, 6.07) is 38.7. The summed E-state index contributed by atoms with van der Waals surface area (Å²) < 4.78 is 6.85. The minimum Gasteiger partial charge on any atom is -0.457 e. The number of anilines is 3. The van der Waals surface area contributed by atoms with Gasteiger partial charge in [0.1, 0.15) is 11.5 Å². The van der Waals surface area contributed by atoms with Crippen LogP contribution in [0, 0.1) is 0 Å². The molecule has 240 valence electrons. The lowest BCUT2D eigenvalue weighted by Crippen LogP contribution is -2.30. The molecule has 0 amide bonds. The second-order valence-corrected chi connectivity index (χ2v) is 13.9. The Kier molecular flexibility index (Phi) is 7.15. The van der Waals surface area contributed by atoms with E-state index < -0.39 is 0 Å². The molecule has 4 nitrogen and oxygen atoms in total. The number of hydrogen-bond donors (Lipinski definition) is 0. The summed E-state index contributed by atoms with van der Waals surface area (Å²) in [6.07, 6.45) is 7.88. The molecule has 49 heavy (non-hydrogen) atoms. The van der Waals surface area contributed by atoms with Crippen LogP contribution in [0.2, 0.25) is 0 Å². The Morgan fingerprint density at radius 1 is 0.694 bits per heavy atom. The molecule has 2 aliphatic rings. The average Bonchev–Trinajstić information content (AvgIpc) is 3.11. The fourth-order valence-electron chi connectivity index (χ4n) is 7.67. The molecule has 0 aliphatic carbocycles. The number of benzene rings is 5. The Labute approximate surface area is 288 Å². The van der Waals surface area contributed by atoms with Gasteiger partial charge in [0.05, 0.1) is 22.6 Å². The van der Waals surface area contributed by atoms with Gasteiger partial charge in [-0.15, -0.1) is 0 Å². The molecule has 0 spiro atoms. The van der Waals surface area contributed by atoms with E-state index in [1.165, 1.54) is 22.5 Å². The minimum atomic E-state index is -0.277. The van der Waals surface area contributed by atoms with Crippen LogP contribution in [0.4, 0.5) is 17.1 Å². The molecule has 0 unspecified atom stereocenters. The summed E-state index contributed by atoms with van der Waals surface area (Å²) in [5.74, 6) is 2.33. The van der Waals surface area contributed by atoms with Crippen LogP contribution in [-0.2, 0) is 10.8 Å². The zero-order valence-corrected chi connectivity index (χ0v) is 28.7. The van der Waals surface area contributed by atoms with Gasteiger partial charge in [0.25, 0.3) is 0 Å². The van der Waals surface area contributed by atoms with E-state index in [1.807, 2.05) is 37.3 Å². The summed E-state index contributed by atoms with van der Waals surface area (Å²) in [4.78, 5) is 12.5. The Hall–Kier alpha value is -5.74. The maximum Gasteiger partial charge on any atom is 0.160 e.